The van der Waals surface area contributed by atoms with Crippen molar-refractivity contribution >= 4 is 0 Å². The zero-order chi connectivity index (χ0) is 23.0. The summed E-state index contributed by atoms with van der Waals surface area (Å²) in [4.78, 5) is 2.32. The second-order valence-corrected chi connectivity index (χ2v) is 8.93. The van der Waals surface area contributed by atoms with Crippen molar-refractivity contribution < 1.29 is 13.9 Å². The van der Waals surface area contributed by atoms with E-state index in [2.05, 4.69) is 22.3 Å². The van der Waals surface area contributed by atoms with E-state index in [4.69, 9.17) is 0 Å². The Kier molecular flexibility index (Phi) is 8.21. The molecule has 1 saturated heterocycles. The lowest BCUT2D eigenvalue weighted by Gasteiger charge is -2.36. The zero-order valence-corrected chi connectivity index (χ0v) is 18.8. The standard InChI is InChI=1S/C28H32F2N2O/c29-24-12-8-22(9-13-24)26(23-10-14-25(30)15-11-23)7-4-17-32-18-16-27(28(33)20-32)31-19-21-5-2-1-3-6-21/h1-3,5-6,8-15,26-28,31,33H,4,7,16-20H2. The lowest BCUT2D eigenvalue weighted by atomic mass is 9.87. The van der Waals surface area contributed by atoms with Gasteiger partial charge in [-0.25, -0.2) is 8.78 Å². The molecule has 4 rings (SSSR count). The summed E-state index contributed by atoms with van der Waals surface area (Å²) in [5.41, 5.74) is 3.29. The Hall–Kier alpha value is -2.60. The molecular formula is C28H32F2N2O. The van der Waals surface area contributed by atoms with Gasteiger partial charge in [0.2, 0.25) is 0 Å². The molecule has 3 nitrogen and oxygen atoms in total. The fourth-order valence-electron chi connectivity index (χ4n) is 4.72. The fourth-order valence-corrected chi connectivity index (χ4v) is 4.72. The summed E-state index contributed by atoms with van der Waals surface area (Å²) in [7, 11) is 0. The number of halogens is 2. The van der Waals surface area contributed by atoms with E-state index in [1.165, 1.54) is 29.8 Å². The molecule has 174 valence electrons. The molecule has 1 heterocycles. The van der Waals surface area contributed by atoms with Crippen LogP contribution in [0.3, 0.4) is 0 Å². The Balaban J connectivity index is 1.29. The molecule has 1 aliphatic rings. The summed E-state index contributed by atoms with van der Waals surface area (Å²) >= 11 is 0. The van der Waals surface area contributed by atoms with Gasteiger partial charge in [-0.05, 0) is 73.3 Å². The highest BCUT2D eigenvalue weighted by atomic mass is 19.1. The Morgan fingerprint density at radius 1 is 0.879 bits per heavy atom. The minimum absolute atomic E-state index is 0.0844. The maximum absolute atomic E-state index is 13.4. The van der Waals surface area contributed by atoms with E-state index < -0.39 is 6.10 Å². The summed E-state index contributed by atoms with van der Waals surface area (Å²) < 4.78 is 26.9. The first-order valence-electron chi connectivity index (χ1n) is 11.8. The molecule has 0 aromatic heterocycles. The van der Waals surface area contributed by atoms with Crippen LogP contribution in [0.1, 0.15) is 41.9 Å². The first-order valence-corrected chi connectivity index (χ1v) is 11.8. The second-order valence-electron chi connectivity index (χ2n) is 8.93. The van der Waals surface area contributed by atoms with Crippen molar-refractivity contribution in [3.63, 3.8) is 0 Å². The largest absolute Gasteiger partial charge is 0.390 e. The fraction of sp³-hybridized carbons (Fsp3) is 0.357. The van der Waals surface area contributed by atoms with Crippen LogP contribution >= 0.6 is 0 Å². The van der Waals surface area contributed by atoms with Gasteiger partial charge in [-0.3, -0.25) is 0 Å². The number of piperidine rings is 1. The van der Waals surface area contributed by atoms with E-state index in [9.17, 15) is 13.9 Å². The third-order valence-corrected chi connectivity index (χ3v) is 6.59. The van der Waals surface area contributed by atoms with Gasteiger partial charge in [0.15, 0.2) is 0 Å². The molecule has 3 aromatic carbocycles. The van der Waals surface area contributed by atoms with Gasteiger partial charge in [-0.15, -0.1) is 0 Å². The molecule has 2 atom stereocenters. The van der Waals surface area contributed by atoms with E-state index in [1.807, 2.05) is 42.5 Å². The molecule has 33 heavy (non-hydrogen) atoms. The molecule has 0 saturated carbocycles. The maximum atomic E-state index is 13.4. The number of hydrogen-bond donors (Lipinski definition) is 2. The lowest BCUT2D eigenvalue weighted by molar-refractivity contribution is 0.0392. The number of hydrogen-bond acceptors (Lipinski definition) is 3. The van der Waals surface area contributed by atoms with Crippen molar-refractivity contribution in [2.45, 2.75) is 43.9 Å². The summed E-state index contributed by atoms with van der Waals surface area (Å²) in [6.45, 7) is 3.26. The molecule has 2 N–H and O–H groups in total. The van der Waals surface area contributed by atoms with Crippen molar-refractivity contribution in [3.8, 4) is 0 Å². The lowest BCUT2D eigenvalue weighted by Crippen LogP contribution is -2.52. The van der Waals surface area contributed by atoms with E-state index in [1.54, 1.807) is 0 Å². The average molecular weight is 451 g/mol. The number of nitrogens with one attached hydrogen (secondary N) is 1. The first kappa shape index (κ1) is 23.6. The summed E-state index contributed by atoms with van der Waals surface area (Å²) in [6.07, 6.45) is 2.33. The number of β-amino-alcohol motifs (C(OH)–C–C–N with tert-alkyl or cyclic N) is 1. The third-order valence-electron chi connectivity index (χ3n) is 6.59. The SMILES string of the molecule is OC1CN(CCCC(c2ccc(F)cc2)c2ccc(F)cc2)CCC1NCc1ccccc1. The Morgan fingerprint density at radius 2 is 1.48 bits per heavy atom. The summed E-state index contributed by atoms with van der Waals surface area (Å²) in [6, 6.07) is 23.5. The molecule has 2 unspecified atom stereocenters. The molecule has 0 aliphatic carbocycles. The third kappa shape index (κ3) is 6.70. The summed E-state index contributed by atoms with van der Waals surface area (Å²) in [5, 5.41) is 14.2. The molecule has 5 heteroatoms. The van der Waals surface area contributed by atoms with Gasteiger partial charge in [0.1, 0.15) is 11.6 Å². The summed E-state index contributed by atoms with van der Waals surface area (Å²) in [5.74, 6) is -0.426. The maximum Gasteiger partial charge on any atom is 0.123 e. The second kappa shape index (κ2) is 11.5. The number of aliphatic hydroxyl groups is 1. The normalized spacial score (nSPS) is 19.2. The minimum atomic E-state index is -0.396. The van der Waals surface area contributed by atoms with Crippen molar-refractivity contribution in [2.24, 2.45) is 0 Å². The van der Waals surface area contributed by atoms with Crippen molar-refractivity contribution in [3.05, 3.63) is 107 Å². The van der Waals surface area contributed by atoms with Gasteiger partial charge in [-0.2, -0.15) is 0 Å². The highest BCUT2D eigenvalue weighted by molar-refractivity contribution is 5.32. The minimum Gasteiger partial charge on any atom is -0.390 e. The van der Waals surface area contributed by atoms with Crippen molar-refractivity contribution in [1.82, 2.24) is 10.2 Å². The van der Waals surface area contributed by atoms with Gasteiger partial charge >= 0.3 is 0 Å². The molecular weight excluding hydrogens is 418 g/mol. The average Bonchev–Trinajstić information content (AvgIpc) is 2.83. The number of rotatable bonds is 9. The molecule has 0 spiro atoms. The van der Waals surface area contributed by atoms with Crippen LogP contribution in [0.4, 0.5) is 8.78 Å². The predicted octanol–water partition coefficient (Wildman–Crippen LogP) is 5.10. The van der Waals surface area contributed by atoms with Gasteiger partial charge in [0.05, 0.1) is 6.10 Å². The van der Waals surface area contributed by atoms with Gasteiger partial charge in [0, 0.05) is 25.0 Å². The van der Waals surface area contributed by atoms with E-state index in [-0.39, 0.29) is 23.6 Å². The highest BCUT2D eigenvalue weighted by Crippen LogP contribution is 2.30. The van der Waals surface area contributed by atoms with Crippen LogP contribution in [0.25, 0.3) is 0 Å². The van der Waals surface area contributed by atoms with Gasteiger partial charge in [-0.1, -0.05) is 54.6 Å². The first-order chi connectivity index (χ1) is 16.1. The Morgan fingerprint density at radius 3 is 2.06 bits per heavy atom. The van der Waals surface area contributed by atoms with E-state index in [0.717, 1.165) is 50.0 Å². The monoisotopic (exact) mass is 450 g/mol. The molecule has 1 fully saturated rings. The smallest absolute Gasteiger partial charge is 0.123 e. The zero-order valence-electron chi connectivity index (χ0n) is 18.8. The van der Waals surface area contributed by atoms with E-state index >= 15 is 0 Å². The number of aliphatic hydroxyl groups excluding tert-OH is 1. The van der Waals surface area contributed by atoms with Gasteiger partial charge in [0.25, 0.3) is 0 Å². The van der Waals surface area contributed by atoms with Crippen LogP contribution in [-0.2, 0) is 6.54 Å². The van der Waals surface area contributed by atoms with Gasteiger partial charge < -0.3 is 15.3 Å². The number of nitrogens with zero attached hydrogens (tertiary/aromatic N) is 1. The van der Waals surface area contributed by atoms with Crippen molar-refractivity contribution in [2.75, 3.05) is 19.6 Å². The molecule has 0 bridgehead atoms. The van der Waals surface area contributed by atoms with E-state index in [0.29, 0.717) is 6.54 Å². The van der Waals surface area contributed by atoms with Crippen molar-refractivity contribution in [1.29, 1.82) is 0 Å². The predicted molar refractivity (Wildman–Crippen MR) is 128 cm³/mol. The quantitative estimate of drug-likeness (QED) is 0.476. The molecule has 0 amide bonds. The topological polar surface area (TPSA) is 35.5 Å². The van der Waals surface area contributed by atoms with Crippen LogP contribution < -0.4 is 5.32 Å². The van der Waals surface area contributed by atoms with Crippen LogP contribution in [-0.4, -0.2) is 41.8 Å². The molecule has 0 radical (unpaired) electrons. The highest BCUT2D eigenvalue weighted by Gasteiger charge is 2.27. The van der Waals surface area contributed by atoms with Crippen LogP contribution in [0.2, 0.25) is 0 Å². The number of benzene rings is 3. The molecule has 1 aliphatic heterocycles. The Bertz CT molecular complexity index is 934. The Labute approximate surface area is 195 Å². The van der Waals surface area contributed by atoms with Crippen LogP contribution in [0, 0.1) is 11.6 Å². The molecule has 3 aromatic rings. The van der Waals surface area contributed by atoms with Crippen LogP contribution in [0.5, 0.6) is 0 Å². The van der Waals surface area contributed by atoms with Crippen LogP contribution in [0.15, 0.2) is 78.9 Å². The number of likely N-dealkylation sites (tertiary alicyclic amines) is 1.